The molecular weight excluding hydrogens is 392 g/mol. The van der Waals surface area contributed by atoms with E-state index in [1.54, 1.807) is 24.3 Å². The van der Waals surface area contributed by atoms with Gasteiger partial charge in [-0.1, -0.05) is 29.8 Å². The molecule has 0 saturated carbocycles. The van der Waals surface area contributed by atoms with Crippen molar-refractivity contribution in [3.05, 3.63) is 82.7 Å². The lowest BCUT2D eigenvalue weighted by Gasteiger charge is -2.09. The summed E-state index contributed by atoms with van der Waals surface area (Å²) in [6.45, 7) is 1.85. The maximum absolute atomic E-state index is 12.9. The molecule has 146 valence electrons. The summed E-state index contributed by atoms with van der Waals surface area (Å²) in [4.78, 5) is 12.8. The van der Waals surface area contributed by atoms with Crippen LogP contribution in [0.2, 0.25) is 0 Å². The average Bonchev–Trinajstić information content (AvgIpc) is 2.69. The summed E-state index contributed by atoms with van der Waals surface area (Å²) < 4.78 is 31.3. The number of rotatable bonds is 3. The van der Waals surface area contributed by atoms with Crippen LogP contribution in [0.5, 0.6) is 11.5 Å². The Kier molecular flexibility index (Phi) is 4.39. The number of aryl methyl sites for hydroxylation is 1. The molecule has 29 heavy (non-hydrogen) atoms. The van der Waals surface area contributed by atoms with E-state index in [-0.39, 0.29) is 32.1 Å². The summed E-state index contributed by atoms with van der Waals surface area (Å²) in [6, 6.07) is 14.5. The molecule has 4 rings (SSSR count). The van der Waals surface area contributed by atoms with Crippen LogP contribution in [0.15, 0.2) is 85.9 Å². The first kappa shape index (κ1) is 18.8. The third-order valence-electron chi connectivity index (χ3n) is 4.65. The van der Waals surface area contributed by atoms with Crippen molar-refractivity contribution >= 4 is 20.8 Å². The Balaban J connectivity index is 1.89. The first-order chi connectivity index (χ1) is 13.8. The fraction of sp³-hybridized carbons (Fsp3) is 0.0455. The summed E-state index contributed by atoms with van der Waals surface area (Å²) in [7, 11) is -3.90. The Hall–Kier alpha value is -3.58. The van der Waals surface area contributed by atoms with E-state index in [1.165, 1.54) is 36.6 Å². The predicted octanol–water partition coefficient (Wildman–Crippen LogP) is 4.01. The van der Waals surface area contributed by atoms with Crippen LogP contribution in [-0.2, 0) is 9.84 Å². The molecule has 4 aromatic rings. The summed E-state index contributed by atoms with van der Waals surface area (Å²) in [5.74, 6) is -0.435. The number of benzene rings is 3. The van der Waals surface area contributed by atoms with Crippen molar-refractivity contribution in [3.8, 4) is 22.6 Å². The fourth-order valence-electron chi connectivity index (χ4n) is 3.06. The minimum Gasteiger partial charge on any atom is -0.508 e. The molecule has 0 radical (unpaired) electrons. The van der Waals surface area contributed by atoms with Gasteiger partial charge < -0.3 is 14.6 Å². The van der Waals surface area contributed by atoms with Gasteiger partial charge in [-0.05, 0) is 42.8 Å². The van der Waals surface area contributed by atoms with Crippen molar-refractivity contribution in [1.29, 1.82) is 0 Å². The molecule has 0 aliphatic rings. The quantitative estimate of drug-likeness (QED) is 0.531. The molecule has 3 aromatic carbocycles. The highest BCUT2D eigenvalue weighted by atomic mass is 32.2. The minimum absolute atomic E-state index is 0.0387. The molecule has 2 N–H and O–H groups in total. The first-order valence-corrected chi connectivity index (χ1v) is 10.2. The molecule has 1 heterocycles. The lowest BCUT2D eigenvalue weighted by molar-refractivity contribution is 0.475. The lowest BCUT2D eigenvalue weighted by Crippen LogP contribution is -2.07. The normalized spacial score (nSPS) is 11.6. The van der Waals surface area contributed by atoms with Gasteiger partial charge in [0.05, 0.1) is 15.4 Å². The number of aromatic hydroxyl groups is 2. The largest absolute Gasteiger partial charge is 0.508 e. The standard InChI is InChI=1S/C22H16O6S/c1-13-2-8-16(9-3-13)29(26,27)17-10-19(24)21-20(11-17)28-12-18(22(21)25)14-4-6-15(23)7-5-14/h2-12,23-24H,1H3. The Morgan fingerprint density at radius 3 is 2.17 bits per heavy atom. The maximum atomic E-state index is 12.9. The minimum atomic E-state index is -3.90. The van der Waals surface area contributed by atoms with Gasteiger partial charge in [-0.15, -0.1) is 0 Å². The van der Waals surface area contributed by atoms with Crippen molar-refractivity contribution in [3.63, 3.8) is 0 Å². The van der Waals surface area contributed by atoms with Crippen molar-refractivity contribution in [2.75, 3.05) is 0 Å². The molecule has 0 aliphatic carbocycles. The molecule has 6 nitrogen and oxygen atoms in total. The molecule has 0 saturated heterocycles. The highest BCUT2D eigenvalue weighted by Crippen LogP contribution is 2.31. The average molecular weight is 408 g/mol. The van der Waals surface area contributed by atoms with E-state index >= 15 is 0 Å². The second kappa shape index (κ2) is 6.79. The van der Waals surface area contributed by atoms with Gasteiger partial charge in [0, 0.05) is 6.07 Å². The van der Waals surface area contributed by atoms with E-state index in [0.717, 1.165) is 11.6 Å². The van der Waals surface area contributed by atoms with E-state index < -0.39 is 21.0 Å². The van der Waals surface area contributed by atoms with Crippen LogP contribution in [0.1, 0.15) is 5.56 Å². The fourth-order valence-corrected chi connectivity index (χ4v) is 4.35. The number of fused-ring (bicyclic) bond motifs is 1. The SMILES string of the molecule is Cc1ccc(S(=O)(=O)c2cc(O)c3c(=O)c(-c4ccc(O)cc4)coc3c2)cc1. The third-order valence-corrected chi connectivity index (χ3v) is 6.40. The van der Waals surface area contributed by atoms with Gasteiger partial charge in [-0.2, -0.15) is 0 Å². The molecule has 0 bridgehead atoms. The Bertz CT molecular complexity index is 1380. The van der Waals surface area contributed by atoms with Crippen LogP contribution in [0.25, 0.3) is 22.1 Å². The summed E-state index contributed by atoms with van der Waals surface area (Å²) >= 11 is 0. The number of phenolic OH excluding ortho intramolecular Hbond substituents is 2. The van der Waals surface area contributed by atoms with Gasteiger partial charge in [0.1, 0.15) is 28.7 Å². The van der Waals surface area contributed by atoms with Crippen molar-refractivity contribution in [2.24, 2.45) is 0 Å². The van der Waals surface area contributed by atoms with E-state index in [9.17, 15) is 23.4 Å². The molecular formula is C22H16O6S. The van der Waals surface area contributed by atoms with E-state index in [4.69, 9.17) is 4.42 Å². The van der Waals surface area contributed by atoms with E-state index in [2.05, 4.69) is 0 Å². The van der Waals surface area contributed by atoms with Gasteiger partial charge in [0.15, 0.2) is 0 Å². The van der Waals surface area contributed by atoms with Gasteiger partial charge in [-0.25, -0.2) is 8.42 Å². The predicted molar refractivity (Wildman–Crippen MR) is 108 cm³/mol. The van der Waals surface area contributed by atoms with Gasteiger partial charge >= 0.3 is 0 Å². The van der Waals surface area contributed by atoms with Crippen LogP contribution in [0, 0.1) is 6.92 Å². The molecule has 0 aliphatic heterocycles. The molecule has 1 aromatic heterocycles. The van der Waals surface area contributed by atoms with Gasteiger partial charge in [0.25, 0.3) is 0 Å². The van der Waals surface area contributed by atoms with Crippen LogP contribution in [0.4, 0.5) is 0 Å². The maximum Gasteiger partial charge on any atom is 0.206 e. The second-order valence-electron chi connectivity index (χ2n) is 6.66. The highest BCUT2D eigenvalue weighted by Gasteiger charge is 2.22. The zero-order valence-electron chi connectivity index (χ0n) is 15.3. The van der Waals surface area contributed by atoms with Crippen LogP contribution in [0.3, 0.4) is 0 Å². The molecule has 7 heteroatoms. The topological polar surface area (TPSA) is 105 Å². The van der Waals surface area contributed by atoms with E-state index in [0.29, 0.717) is 5.56 Å². The monoisotopic (exact) mass is 408 g/mol. The lowest BCUT2D eigenvalue weighted by atomic mass is 10.1. The summed E-state index contributed by atoms with van der Waals surface area (Å²) in [6.07, 6.45) is 1.21. The highest BCUT2D eigenvalue weighted by molar-refractivity contribution is 7.91. The van der Waals surface area contributed by atoms with Gasteiger partial charge in [-0.3, -0.25) is 4.79 Å². The Labute approximate surface area is 166 Å². The van der Waals surface area contributed by atoms with Crippen LogP contribution >= 0.6 is 0 Å². The van der Waals surface area contributed by atoms with Crippen molar-refractivity contribution in [2.45, 2.75) is 16.7 Å². The molecule has 0 fully saturated rings. The molecule has 0 atom stereocenters. The Morgan fingerprint density at radius 1 is 0.862 bits per heavy atom. The number of hydrogen-bond acceptors (Lipinski definition) is 6. The summed E-state index contributed by atoms with van der Waals surface area (Å²) in [5.41, 5.74) is 1.05. The Morgan fingerprint density at radius 2 is 1.52 bits per heavy atom. The molecule has 0 unspecified atom stereocenters. The van der Waals surface area contributed by atoms with E-state index in [1.807, 2.05) is 6.92 Å². The number of hydrogen-bond donors (Lipinski definition) is 2. The van der Waals surface area contributed by atoms with Crippen molar-refractivity contribution < 1.29 is 23.0 Å². The van der Waals surface area contributed by atoms with Crippen LogP contribution in [-0.4, -0.2) is 18.6 Å². The zero-order valence-corrected chi connectivity index (χ0v) is 16.1. The van der Waals surface area contributed by atoms with Crippen LogP contribution < -0.4 is 5.43 Å². The second-order valence-corrected chi connectivity index (χ2v) is 8.61. The number of sulfone groups is 1. The first-order valence-electron chi connectivity index (χ1n) is 8.67. The zero-order chi connectivity index (χ0) is 20.8. The molecule has 0 amide bonds. The smallest absolute Gasteiger partial charge is 0.206 e. The third kappa shape index (κ3) is 3.25. The molecule has 0 spiro atoms. The van der Waals surface area contributed by atoms with Gasteiger partial charge in [0.2, 0.25) is 15.3 Å². The number of phenols is 2. The van der Waals surface area contributed by atoms with Crippen molar-refractivity contribution in [1.82, 2.24) is 0 Å². The summed E-state index contributed by atoms with van der Waals surface area (Å²) in [5, 5.41) is 19.7.